The molecule has 24 heavy (non-hydrogen) atoms. The summed E-state index contributed by atoms with van der Waals surface area (Å²) in [6, 6.07) is -0.154. The third-order valence-electron chi connectivity index (χ3n) is 5.72. The number of rotatable bonds is 4. The molecule has 3 rings (SSSR count). The van der Waals surface area contributed by atoms with Crippen LogP contribution < -0.4 is 11.1 Å². The van der Waals surface area contributed by atoms with E-state index in [0.717, 1.165) is 25.7 Å². The monoisotopic (exact) mass is 357 g/mol. The molecule has 4 unspecified atom stereocenters. The van der Waals surface area contributed by atoms with Crippen molar-refractivity contribution in [1.29, 1.82) is 0 Å². The fourth-order valence-electron chi connectivity index (χ4n) is 4.26. The molecule has 136 valence electrons. The smallest absolute Gasteiger partial charge is 0.225 e. The fourth-order valence-corrected chi connectivity index (χ4v) is 5.99. The minimum Gasteiger partial charge on any atom is -0.353 e. The Kier molecular flexibility index (Phi) is 5.15. The Labute approximate surface area is 143 Å². The van der Waals surface area contributed by atoms with Gasteiger partial charge in [0.15, 0.2) is 9.84 Å². The summed E-state index contributed by atoms with van der Waals surface area (Å²) in [5, 5.41) is 3.09. The van der Waals surface area contributed by atoms with E-state index in [1.54, 1.807) is 4.90 Å². The van der Waals surface area contributed by atoms with E-state index in [1.807, 2.05) is 0 Å². The summed E-state index contributed by atoms with van der Waals surface area (Å²) in [5.74, 6) is -0.0749. The molecule has 0 aromatic carbocycles. The average Bonchev–Trinajstić information content (AvgIpc) is 3.10. The summed E-state index contributed by atoms with van der Waals surface area (Å²) in [4.78, 5) is 26.4. The van der Waals surface area contributed by atoms with Gasteiger partial charge in [0.25, 0.3) is 0 Å². The van der Waals surface area contributed by atoms with Crippen LogP contribution in [0.25, 0.3) is 0 Å². The van der Waals surface area contributed by atoms with Crippen LogP contribution in [0.4, 0.5) is 0 Å². The number of amides is 2. The van der Waals surface area contributed by atoms with Gasteiger partial charge in [0.2, 0.25) is 11.8 Å². The predicted octanol–water partition coefficient (Wildman–Crippen LogP) is -0.344. The van der Waals surface area contributed by atoms with Crippen molar-refractivity contribution in [2.24, 2.45) is 17.6 Å². The lowest BCUT2D eigenvalue weighted by molar-refractivity contribution is -0.130. The van der Waals surface area contributed by atoms with Crippen molar-refractivity contribution in [3.05, 3.63) is 0 Å². The minimum atomic E-state index is -3.04. The zero-order chi connectivity index (χ0) is 17.3. The van der Waals surface area contributed by atoms with Crippen LogP contribution in [0, 0.1) is 11.8 Å². The maximum atomic E-state index is 12.6. The molecular weight excluding hydrogens is 330 g/mol. The Hall–Kier alpha value is -1.15. The molecule has 0 bridgehead atoms. The molecule has 3 fully saturated rings. The summed E-state index contributed by atoms with van der Waals surface area (Å²) in [6.45, 7) is 0.908. The molecule has 4 atom stereocenters. The molecule has 2 heterocycles. The number of hydrogen-bond donors (Lipinski definition) is 2. The molecule has 3 N–H and O–H groups in total. The van der Waals surface area contributed by atoms with Crippen LogP contribution >= 0.6 is 0 Å². The summed E-state index contributed by atoms with van der Waals surface area (Å²) in [5.41, 5.74) is 5.80. The molecule has 2 aliphatic heterocycles. The van der Waals surface area contributed by atoms with Gasteiger partial charge in [-0.1, -0.05) is 12.8 Å². The first-order valence-corrected chi connectivity index (χ1v) is 10.7. The van der Waals surface area contributed by atoms with E-state index < -0.39 is 9.84 Å². The van der Waals surface area contributed by atoms with E-state index in [0.29, 0.717) is 25.4 Å². The van der Waals surface area contributed by atoms with Crippen LogP contribution in [-0.2, 0) is 19.4 Å². The van der Waals surface area contributed by atoms with Crippen molar-refractivity contribution in [3.63, 3.8) is 0 Å². The number of sulfone groups is 1. The Morgan fingerprint density at radius 2 is 2.00 bits per heavy atom. The molecule has 1 saturated carbocycles. The number of hydrogen-bond acceptors (Lipinski definition) is 5. The lowest BCUT2D eigenvalue weighted by atomic mass is 9.84. The molecule has 0 radical (unpaired) electrons. The first-order chi connectivity index (χ1) is 11.4. The van der Waals surface area contributed by atoms with Gasteiger partial charge in [-0.3, -0.25) is 9.59 Å². The Morgan fingerprint density at radius 3 is 2.67 bits per heavy atom. The van der Waals surface area contributed by atoms with Gasteiger partial charge >= 0.3 is 0 Å². The molecule has 2 saturated heterocycles. The van der Waals surface area contributed by atoms with Crippen molar-refractivity contribution in [1.82, 2.24) is 10.2 Å². The van der Waals surface area contributed by atoms with Crippen LogP contribution in [0.3, 0.4) is 0 Å². The van der Waals surface area contributed by atoms with E-state index in [1.165, 1.54) is 0 Å². The summed E-state index contributed by atoms with van der Waals surface area (Å²) in [7, 11) is -3.04. The van der Waals surface area contributed by atoms with Gasteiger partial charge in [-0.2, -0.15) is 0 Å². The van der Waals surface area contributed by atoms with Crippen LogP contribution in [0.1, 0.15) is 38.5 Å². The molecule has 8 heteroatoms. The highest BCUT2D eigenvalue weighted by atomic mass is 32.2. The molecule has 7 nitrogen and oxygen atoms in total. The van der Waals surface area contributed by atoms with E-state index in [9.17, 15) is 18.0 Å². The Balaban J connectivity index is 1.58. The molecule has 0 aromatic heterocycles. The number of nitrogens with zero attached hydrogens (tertiary/aromatic N) is 1. The summed E-state index contributed by atoms with van der Waals surface area (Å²) in [6.07, 6.45) is 4.90. The topological polar surface area (TPSA) is 110 Å². The molecule has 1 aliphatic carbocycles. The van der Waals surface area contributed by atoms with Crippen LogP contribution in [0.2, 0.25) is 0 Å². The molecule has 0 spiro atoms. The molecule has 0 aromatic rings. The van der Waals surface area contributed by atoms with Gasteiger partial charge in [0, 0.05) is 25.0 Å². The van der Waals surface area contributed by atoms with Gasteiger partial charge in [-0.05, 0) is 31.7 Å². The molecule has 3 aliphatic rings. The maximum Gasteiger partial charge on any atom is 0.225 e. The standard InChI is InChI=1S/C16H27N3O4S/c17-8-11-3-1-2-4-14(11)18-16(21)12-7-15(20)19(9-12)13-5-6-24(22,23)10-13/h11-14H,1-10,17H2,(H,18,21). The van der Waals surface area contributed by atoms with Crippen LogP contribution in [0.15, 0.2) is 0 Å². The number of likely N-dealkylation sites (tertiary alicyclic amines) is 1. The van der Waals surface area contributed by atoms with Crippen molar-refractivity contribution in [3.8, 4) is 0 Å². The zero-order valence-corrected chi connectivity index (χ0v) is 14.8. The highest BCUT2D eigenvalue weighted by Gasteiger charge is 2.42. The highest BCUT2D eigenvalue weighted by Crippen LogP contribution is 2.28. The second-order valence-corrected chi connectivity index (χ2v) is 9.63. The summed E-state index contributed by atoms with van der Waals surface area (Å²) < 4.78 is 23.2. The Bertz CT molecular complexity index is 606. The van der Waals surface area contributed by atoms with E-state index in [4.69, 9.17) is 5.73 Å². The first-order valence-electron chi connectivity index (χ1n) is 8.90. The van der Waals surface area contributed by atoms with Gasteiger partial charge in [-0.15, -0.1) is 0 Å². The highest BCUT2D eigenvalue weighted by molar-refractivity contribution is 7.91. The second kappa shape index (κ2) is 7.00. The van der Waals surface area contributed by atoms with Crippen LogP contribution in [0.5, 0.6) is 0 Å². The van der Waals surface area contributed by atoms with Crippen molar-refractivity contribution < 1.29 is 18.0 Å². The fraction of sp³-hybridized carbons (Fsp3) is 0.875. The predicted molar refractivity (Wildman–Crippen MR) is 89.8 cm³/mol. The quantitative estimate of drug-likeness (QED) is 0.715. The minimum absolute atomic E-state index is 0.0327. The second-order valence-electron chi connectivity index (χ2n) is 7.40. The van der Waals surface area contributed by atoms with Crippen molar-refractivity contribution in [2.45, 2.75) is 50.6 Å². The van der Waals surface area contributed by atoms with Gasteiger partial charge in [-0.25, -0.2) is 8.42 Å². The zero-order valence-electron chi connectivity index (χ0n) is 13.9. The first kappa shape index (κ1) is 17.7. The van der Waals surface area contributed by atoms with E-state index in [2.05, 4.69) is 5.32 Å². The van der Waals surface area contributed by atoms with Gasteiger partial charge in [0.05, 0.1) is 17.4 Å². The number of nitrogens with one attached hydrogen (secondary N) is 1. The lowest BCUT2D eigenvalue weighted by Crippen LogP contribution is -2.47. The third-order valence-corrected chi connectivity index (χ3v) is 7.47. The van der Waals surface area contributed by atoms with Crippen molar-refractivity contribution >= 4 is 21.7 Å². The molecular formula is C16H27N3O4S. The normalized spacial score (nSPS) is 36.0. The van der Waals surface area contributed by atoms with Gasteiger partial charge < -0.3 is 16.0 Å². The molecule has 2 amide bonds. The van der Waals surface area contributed by atoms with E-state index in [-0.39, 0.29) is 47.7 Å². The number of carbonyl (C=O) groups is 2. The Morgan fingerprint density at radius 1 is 1.25 bits per heavy atom. The van der Waals surface area contributed by atoms with Gasteiger partial charge in [0.1, 0.15) is 0 Å². The largest absolute Gasteiger partial charge is 0.353 e. The van der Waals surface area contributed by atoms with Crippen LogP contribution in [-0.4, -0.2) is 61.8 Å². The third kappa shape index (κ3) is 3.74. The SMILES string of the molecule is NCC1CCCCC1NC(=O)C1CC(=O)N(C2CCS(=O)(=O)C2)C1. The van der Waals surface area contributed by atoms with Crippen molar-refractivity contribution in [2.75, 3.05) is 24.6 Å². The average molecular weight is 357 g/mol. The summed E-state index contributed by atoms with van der Waals surface area (Å²) >= 11 is 0. The number of carbonyl (C=O) groups excluding carboxylic acids is 2. The maximum absolute atomic E-state index is 12.6. The lowest BCUT2D eigenvalue weighted by Gasteiger charge is -2.32. The number of nitrogens with two attached hydrogens (primary N) is 1. The van der Waals surface area contributed by atoms with E-state index >= 15 is 0 Å².